The molecule has 0 spiro atoms. The first kappa shape index (κ1) is 12.4. The average Bonchev–Trinajstić information content (AvgIpc) is 3.07. The molecule has 2 fully saturated rings. The lowest BCUT2D eigenvalue weighted by Crippen LogP contribution is -2.36. The molecule has 3 unspecified atom stereocenters. The van der Waals surface area contributed by atoms with Gasteiger partial charge in [-0.25, -0.2) is 0 Å². The highest BCUT2D eigenvalue weighted by Crippen LogP contribution is 2.34. The maximum atomic E-state index is 8.60. The second kappa shape index (κ2) is 5.19. The lowest BCUT2D eigenvalue weighted by atomic mass is 9.95. The molecule has 1 aromatic rings. The van der Waals surface area contributed by atoms with Crippen LogP contribution in [0.1, 0.15) is 30.4 Å². The molecule has 0 aromatic heterocycles. The van der Waals surface area contributed by atoms with Crippen molar-refractivity contribution in [3.05, 3.63) is 35.4 Å². The van der Waals surface area contributed by atoms with Gasteiger partial charge in [0.25, 0.3) is 0 Å². The zero-order valence-corrected chi connectivity index (χ0v) is 10.7. The first-order valence-corrected chi connectivity index (χ1v) is 6.72. The van der Waals surface area contributed by atoms with Gasteiger partial charge < -0.3 is 21.0 Å². The normalized spacial score (nSPS) is 29.9. The zero-order valence-electron chi connectivity index (χ0n) is 10.7. The Bertz CT molecular complexity index is 472. The van der Waals surface area contributed by atoms with E-state index in [4.69, 9.17) is 15.7 Å². The lowest BCUT2D eigenvalue weighted by molar-refractivity contribution is 0.0973. The fourth-order valence-corrected chi connectivity index (χ4v) is 2.95. The minimum absolute atomic E-state index is 0.140. The van der Waals surface area contributed by atoms with Crippen molar-refractivity contribution in [2.45, 2.75) is 44.1 Å². The predicted octanol–water partition coefficient (Wildman–Crippen LogP) is 1.19. The summed E-state index contributed by atoms with van der Waals surface area (Å²) >= 11 is 0. The van der Waals surface area contributed by atoms with Gasteiger partial charge >= 0.3 is 0 Å². The third-order valence-corrected chi connectivity index (χ3v) is 4.03. The predicted molar refractivity (Wildman–Crippen MR) is 72.1 cm³/mol. The summed E-state index contributed by atoms with van der Waals surface area (Å²) in [5.41, 5.74) is 7.45. The van der Waals surface area contributed by atoms with E-state index in [0.29, 0.717) is 18.2 Å². The fourth-order valence-electron chi connectivity index (χ4n) is 2.95. The number of amidine groups is 1. The summed E-state index contributed by atoms with van der Waals surface area (Å²) in [4.78, 5) is 0. The molecule has 3 rings (SSSR count). The monoisotopic (exact) mass is 261 g/mol. The second-order valence-corrected chi connectivity index (χ2v) is 5.28. The van der Waals surface area contributed by atoms with Gasteiger partial charge in [-0.1, -0.05) is 29.4 Å². The molecular formula is C14H19N3O2. The van der Waals surface area contributed by atoms with Crippen LogP contribution < -0.4 is 11.1 Å². The quantitative estimate of drug-likeness (QED) is 0.329. The Morgan fingerprint density at radius 3 is 2.74 bits per heavy atom. The van der Waals surface area contributed by atoms with Gasteiger partial charge in [-0.3, -0.25) is 0 Å². The Labute approximate surface area is 112 Å². The van der Waals surface area contributed by atoms with Gasteiger partial charge in [0.1, 0.15) is 0 Å². The fraction of sp³-hybridized carbons (Fsp3) is 0.500. The molecule has 2 bridgehead atoms. The van der Waals surface area contributed by atoms with E-state index < -0.39 is 0 Å². The number of rotatable bonds is 4. The highest BCUT2D eigenvalue weighted by molar-refractivity contribution is 5.96. The van der Waals surface area contributed by atoms with Gasteiger partial charge in [0, 0.05) is 18.2 Å². The van der Waals surface area contributed by atoms with Gasteiger partial charge in [0.15, 0.2) is 5.84 Å². The van der Waals surface area contributed by atoms with Crippen LogP contribution in [0.2, 0.25) is 0 Å². The van der Waals surface area contributed by atoms with Gasteiger partial charge in [0.2, 0.25) is 0 Å². The molecule has 0 aliphatic carbocycles. The van der Waals surface area contributed by atoms with E-state index in [2.05, 4.69) is 10.5 Å². The Kier molecular flexibility index (Phi) is 3.40. The number of benzene rings is 1. The van der Waals surface area contributed by atoms with E-state index in [1.54, 1.807) is 0 Å². The summed E-state index contributed by atoms with van der Waals surface area (Å²) in [5, 5.41) is 15.1. The largest absolute Gasteiger partial charge is 0.409 e. The third kappa shape index (κ3) is 2.57. The van der Waals surface area contributed by atoms with Crippen molar-refractivity contribution in [2.24, 2.45) is 10.9 Å². The van der Waals surface area contributed by atoms with Crippen LogP contribution in [0.25, 0.3) is 0 Å². The second-order valence-electron chi connectivity index (χ2n) is 5.28. The molecule has 0 amide bonds. The van der Waals surface area contributed by atoms with Crippen LogP contribution in [0.4, 0.5) is 0 Å². The van der Waals surface area contributed by atoms with Crippen LogP contribution >= 0.6 is 0 Å². The number of fused-ring (bicyclic) bond motifs is 2. The maximum Gasteiger partial charge on any atom is 0.170 e. The lowest BCUT2D eigenvalue weighted by Gasteiger charge is -2.20. The number of hydrogen-bond donors (Lipinski definition) is 3. The SMILES string of the molecule is N/C(=N/O)c1ccc(CNC2CC3CCC2O3)cc1. The number of nitrogens with two attached hydrogens (primary N) is 1. The molecule has 2 aliphatic heterocycles. The van der Waals surface area contributed by atoms with E-state index in [1.165, 1.54) is 18.4 Å². The molecule has 0 saturated carbocycles. The molecule has 4 N–H and O–H groups in total. The Balaban J connectivity index is 1.56. The molecule has 1 aromatic carbocycles. The number of oxime groups is 1. The van der Waals surface area contributed by atoms with Crippen LogP contribution in [0.5, 0.6) is 0 Å². The average molecular weight is 261 g/mol. The first-order valence-electron chi connectivity index (χ1n) is 6.72. The van der Waals surface area contributed by atoms with Gasteiger partial charge in [-0.15, -0.1) is 0 Å². The number of ether oxygens (including phenoxy) is 1. The molecule has 2 saturated heterocycles. The van der Waals surface area contributed by atoms with Crippen molar-refractivity contribution in [2.75, 3.05) is 0 Å². The minimum atomic E-state index is 0.140. The maximum absolute atomic E-state index is 8.60. The summed E-state index contributed by atoms with van der Waals surface area (Å²) in [6.07, 6.45) is 4.42. The van der Waals surface area contributed by atoms with E-state index in [9.17, 15) is 0 Å². The van der Waals surface area contributed by atoms with E-state index >= 15 is 0 Å². The van der Waals surface area contributed by atoms with Crippen LogP contribution in [-0.2, 0) is 11.3 Å². The number of nitrogens with zero attached hydrogens (tertiary/aromatic N) is 1. The van der Waals surface area contributed by atoms with E-state index in [1.807, 2.05) is 24.3 Å². The van der Waals surface area contributed by atoms with E-state index in [-0.39, 0.29) is 5.84 Å². The zero-order chi connectivity index (χ0) is 13.2. The van der Waals surface area contributed by atoms with E-state index in [0.717, 1.165) is 18.5 Å². The minimum Gasteiger partial charge on any atom is -0.409 e. The highest BCUT2D eigenvalue weighted by Gasteiger charge is 2.40. The Hall–Kier alpha value is -1.59. The molecule has 102 valence electrons. The van der Waals surface area contributed by atoms with Crippen LogP contribution in [0.3, 0.4) is 0 Å². The molecule has 5 nitrogen and oxygen atoms in total. The summed E-state index contributed by atoms with van der Waals surface area (Å²) in [7, 11) is 0. The molecule has 3 atom stereocenters. The molecule has 0 radical (unpaired) electrons. The van der Waals surface area contributed by atoms with Crippen molar-refractivity contribution in [1.29, 1.82) is 0 Å². The first-order chi connectivity index (χ1) is 9.26. The van der Waals surface area contributed by atoms with Crippen molar-refractivity contribution in [3.8, 4) is 0 Å². The topological polar surface area (TPSA) is 79.9 Å². The van der Waals surface area contributed by atoms with Crippen molar-refractivity contribution >= 4 is 5.84 Å². The van der Waals surface area contributed by atoms with Crippen LogP contribution in [-0.4, -0.2) is 29.3 Å². The van der Waals surface area contributed by atoms with Gasteiger partial charge in [-0.2, -0.15) is 0 Å². The molecular weight excluding hydrogens is 242 g/mol. The van der Waals surface area contributed by atoms with Crippen molar-refractivity contribution in [1.82, 2.24) is 5.32 Å². The Morgan fingerprint density at radius 2 is 2.16 bits per heavy atom. The molecule has 2 aliphatic rings. The summed E-state index contributed by atoms with van der Waals surface area (Å²) in [6.45, 7) is 0.827. The van der Waals surface area contributed by atoms with Crippen LogP contribution in [0, 0.1) is 0 Å². The van der Waals surface area contributed by atoms with Crippen molar-refractivity contribution in [3.63, 3.8) is 0 Å². The summed E-state index contributed by atoms with van der Waals surface area (Å²) in [6, 6.07) is 8.21. The van der Waals surface area contributed by atoms with Gasteiger partial charge in [-0.05, 0) is 24.8 Å². The number of nitrogens with one attached hydrogen (secondary N) is 1. The van der Waals surface area contributed by atoms with Crippen LogP contribution in [0.15, 0.2) is 29.4 Å². The Morgan fingerprint density at radius 1 is 1.37 bits per heavy atom. The van der Waals surface area contributed by atoms with Gasteiger partial charge in [0.05, 0.1) is 12.2 Å². The molecule has 19 heavy (non-hydrogen) atoms. The number of hydrogen-bond acceptors (Lipinski definition) is 4. The molecule has 5 heteroatoms. The smallest absolute Gasteiger partial charge is 0.170 e. The third-order valence-electron chi connectivity index (χ3n) is 4.03. The summed E-state index contributed by atoms with van der Waals surface area (Å²) < 4.78 is 5.82. The summed E-state index contributed by atoms with van der Waals surface area (Å²) in [5.74, 6) is 0.140. The standard InChI is InChI=1S/C14H19N3O2/c15-14(17-18)10-3-1-9(2-4-10)8-16-12-7-11-5-6-13(12)19-11/h1-4,11-13,16,18H,5-8H2,(H2,15,17). The van der Waals surface area contributed by atoms with Crippen molar-refractivity contribution < 1.29 is 9.94 Å². The molecule has 2 heterocycles. The highest BCUT2D eigenvalue weighted by atomic mass is 16.5.